The Morgan fingerprint density at radius 1 is 1.12 bits per heavy atom. The maximum atomic E-state index is 10.7. The molecule has 0 amide bonds. The zero-order chi connectivity index (χ0) is 12.0. The van der Waals surface area contributed by atoms with E-state index in [2.05, 4.69) is 0 Å². The van der Waals surface area contributed by atoms with E-state index >= 15 is 0 Å². The third-order valence-corrected chi connectivity index (χ3v) is 4.38. The lowest BCUT2D eigenvalue weighted by Gasteiger charge is -2.17. The smallest absolute Gasteiger partial charge is 0.161 e. The second-order valence-corrected chi connectivity index (χ2v) is 5.04. The van der Waals surface area contributed by atoms with Crippen LogP contribution < -0.4 is 9.47 Å². The van der Waals surface area contributed by atoms with Gasteiger partial charge >= 0.3 is 0 Å². The summed E-state index contributed by atoms with van der Waals surface area (Å²) in [4.78, 5) is 0. The Morgan fingerprint density at radius 3 is 2.35 bits per heavy atom. The van der Waals surface area contributed by atoms with Crippen LogP contribution in [0.4, 0.5) is 0 Å². The second-order valence-electron chi connectivity index (χ2n) is 5.04. The van der Waals surface area contributed by atoms with Crippen LogP contribution in [0.3, 0.4) is 0 Å². The van der Waals surface area contributed by atoms with Crippen LogP contribution in [-0.4, -0.2) is 19.3 Å². The molecule has 1 aromatic rings. The largest absolute Gasteiger partial charge is 0.493 e. The first-order valence-corrected chi connectivity index (χ1v) is 6.16. The van der Waals surface area contributed by atoms with E-state index in [0.29, 0.717) is 23.3 Å². The van der Waals surface area contributed by atoms with Crippen molar-refractivity contribution in [1.29, 1.82) is 0 Å². The lowest BCUT2D eigenvalue weighted by Crippen LogP contribution is -2.13. The lowest BCUT2D eigenvalue weighted by molar-refractivity contribution is 0.105. The van der Waals surface area contributed by atoms with Crippen molar-refractivity contribution in [2.75, 3.05) is 14.2 Å². The molecule has 2 saturated carbocycles. The summed E-state index contributed by atoms with van der Waals surface area (Å²) in [5.74, 6) is 2.33. The minimum Gasteiger partial charge on any atom is -0.493 e. The van der Waals surface area contributed by atoms with E-state index in [-0.39, 0.29) is 0 Å². The molecule has 17 heavy (non-hydrogen) atoms. The molecule has 2 aliphatic rings. The quantitative estimate of drug-likeness (QED) is 0.872. The fourth-order valence-electron chi connectivity index (χ4n) is 3.44. The molecule has 2 atom stereocenters. The van der Waals surface area contributed by atoms with Gasteiger partial charge in [0, 0.05) is 0 Å². The van der Waals surface area contributed by atoms with Crippen molar-refractivity contribution < 1.29 is 14.6 Å². The first kappa shape index (κ1) is 10.9. The third kappa shape index (κ3) is 1.38. The summed E-state index contributed by atoms with van der Waals surface area (Å²) in [7, 11) is 3.25. The molecule has 3 nitrogen and oxygen atoms in total. The summed E-state index contributed by atoms with van der Waals surface area (Å²) in [6.07, 6.45) is 3.55. The Balaban J connectivity index is 1.94. The van der Waals surface area contributed by atoms with Crippen LogP contribution >= 0.6 is 0 Å². The van der Waals surface area contributed by atoms with Gasteiger partial charge in [0.05, 0.1) is 19.8 Å². The van der Waals surface area contributed by atoms with Gasteiger partial charge in [-0.1, -0.05) is 12.5 Å². The number of hydrogen-bond acceptors (Lipinski definition) is 3. The fourth-order valence-corrected chi connectivity index (χ4v) is 3.44. The number of ether oxygens (including phenoxy) is 2. The van der Waals surface area contributed by atoms with Gasteiger partial charge < -0.3 is 14.6 Å². The molecule has 0 aliphatic heterocycles. The summed E-state index contributed by atoms with van der Waals surface area (Å²) in [6.45, 7) is 0. The molecular weight excluding hydrogens is 216 g/mol. The number of methoxy groups -OCH3 is 2. The predicted molar refractivity (Wildman–Crippen MR) is 64.3 cm³/mol. The van der Waals surface area contributed by atoms with Crippen LogP contribution in [0.1, 0.15) is 24.8 Å². The average molecular weight is 234 g/mol. The van der Waals surface area contributed by atoms with Crippen molar-refractivity contribution in [1.82, 2.24) is 0 Å². The third-order valence-electron chi connectivity index (χ3n) is 4.38. The second kappa shape index (κ2) is 3.64. The Labute approximate surface area is 101 Å². The van der Waals surface area contributed by atoms with Gasteiger partial charge in [-0.05, 0) is 42.4 Å². The molecule has 3 heteroatoms. The molecule has 2 aliphatic carbocycles. The first-order chi connectivity index (χ1) is 8.21. The van der Waals surface area contributed by atoms with E-state index in [0.717, 1.165) is 18.4 Å². The van der Waals surface area contributed by atoms with Gasteiger partial charge in [0.15, 0.2) is 11.5 Å². The predicted octanol–water partition coefficient (Wildman–Crippen LogP) is 2.32. The number of hydrogen-bond donors (Lipinski definition) is 1. The zero-order valence-corrected chi connectivity index (χ0v) is 10.3. The highest BCUT2D eigenvalue weighted by Gasteiger charge is 2.66. The van der Waals surface area contributed by atoms with Gasteiger partial charge in [0.2, 0.25) is 0 Å². The van der Waals surface area contributed by atoms with Crippen molar-refractivity contribution in [2.45, 2.75) is 24.9 Å². The highest BCUT2D eigenvalue weighted by atomic mass is 16.5. The average Bonchev–Trinajstić information content (AvgIpc) is 2.78. The van der Waals surface area contributed by atoms with Gasteiger partial charge in [-0.3, -0.25) is 0 Å². The molecule has 0 spiro atoms. The SMILES string of the molecule is COc1ccc(C2(O)C3CCCC32)cc1OC. The van der Waals surface area contributed by atoms with E-state index in [1.165, 1.54) is 6.42 Å². The molecule has 0 bridgehead atoms. The maximum Gasteiger partial charge on any atom is 0.161 e. The number of fused-ring (bicyclic) bond motifs is 1. The Bertz CT molecular complexity index is 431. The Kier molecular flexibility index (Phi) is 2.33. The molecule has 2 fully saturated rings. The van der Waals surface area contributed by atoms with Crippen molar-refractivity contribution >= 4 is 0 Å². The molecule has 2 unspecified atom stereocenters. The van der Waals surface area contributed by atoms with Crippen LogP contribution in [-0.2, 0) is 5.60 Å². The van der Waals surface area contributed by atoms with Crippen molar-refractivity contribution in [3.8, 4) is 11.5 Å². The highest BCUT2D eigenvalue weighted by molar-refractivity contribution is 5.47. The summed E-state index contributed by atoms with van der Waals surface area (Å²) in [5, 5.41) is 10.7. The summed E-state index contributed by atoms with van der Waals surface area (Å²) in [5.41, 5.74) is 0.377. The highest BCUT2D eigenvalue weighted by Crippen LogP contribution is 2.66. The molecule has 3 rings (SSSR count). The standard InChI is InChI=1S/C14H18O3/c1-16-12-7-6-9(8-13(12)17-2)14(15)10-4-3-5-11(10)14/h6-8,10-11,15H,3-5H2,1-2H3. The van der Waals surface area contributed by atoms with Crippen molar-refractivity contribution in [2.24, 2.45) is 11.8 Å². The van der Waals surface area contributed by atoms with Crippen LogP contribution in [0.15, 0.2) is 18.2 Å². The summed E-state index contributed by atoms with van der Waals surface area (Å²) < 4.78 is 10.5. The van der Waals surface area contributed by atoms with E-state index in [9.17, 15) is 5.11 Å². The Morgan fingerprint density at radius 2 is 1.76 bits per heavy atom. The van der Waals surface area contributed by atoms with E-state index in [4.69, 9.17) is 9.47 Å². The molecule has 0 radical (unpaired) electrons. The first-order valence-electron chi connectivity index (χ1n) is 6.16. The van der Waals surface area contributed by atoms with Gasteiger partial charge in [0.1, 0.15) is 0 Å². The normalized spacial score (nSPS) is 34.3. The number of benzene rings is 1. The van der Waals surface area contributed by atoms with Crippen LogP contribution in [0.25, 0.3) is 0 Å². The summed E-state index contributed by atoms with van der Waals surface area (Å²) >= 11 is 0. The molecular formula is C14H18O3. The lowest BCUT2D eigenvalue weighted by atomic mass is 9.99. The van der Waals surface area contributed by atoms with Crippen molar-refractivity contribution in [3.63, 3.8) is 0 Å². The minimum absolute atomic E-state index is 0.459. The molecule has 0 saturated heterocycles. The van der Waals surface area contributed by atoms with Crippen LogP contribution in [0.2, 0.25) is 0 Å². The molecule has 1 N–H and O–H groups in total. The van der Waals surface area contributed by atoms with E-state index < -0.39 is 5.60 Å². The summed E-state index contributed by atoms with van der Waals surface area (Å²) in [6, 6.07) is 5.75. The van der Waals surface area contributed by atoms with Gasteiger partial charge in [-0.2, -0.15) is 0 Å². The van der Waals surface area contributed by atoms with Gasteiger partial charge in [-0.25, -0.2) is 0 Å². The van der Waals surface area contributed by atoms with Gasteiger partial charge in [0.25, 0.3) is 0 Å². The topological polar surface area (TPSA) is 38.7 Å². The number of aliphatic hydroxyl groups is 1. The van der Waals surface area contributed by atoms with Gasteiger partial charge in [-0.15, -0.1) is 0 Å². The molecule has 0 heterocycles. The monoisotopic (exact) mass is 234 g/mol. The minimum atomic E-state index is -0.599. The Hall–Kier alpha value is -1.22. The zero-order valence-electron chi connectivity index (χ0n) is 10.3. The number of rotatable bonds is 3. The molecule has 0 aromatic heterocycles. The van der Waals surface area contributed by atoms with E-state index in [1.54, 1.807) is 14.2 Å². The van der Waals surface area contributed by atoms with Crippen molar-refractivity contribution in [3.05, 3.63) is 23.8 Å². The fraction of sp³-hybridized carbons (Fsp3) is 0.571. The van der Waals surface area contributed by atoms with E-state index in [1.807, 2.05) is 18.2 Å². The van der Waals surface area contributed by atoms with Crippen LogP contribution in [0, 0.1) is 11.8 Å². The molecule has 1 aromatic carbocycles. The maximum absolute atomic E-state index is 10.7. The van der Waals surface area contributed by atoms with Crippen LogP contribution in [0.5, 0.6) is 11.5 Å². The molecule has 92 valence electrons.